The summed E-state index contributed by atoms with van der Waals surface area (Å²) in [7, 11) is 0. The zero-order valence-electron chi connectivity index (χ0n) is 9.30. The molecule has 2 atom stereocenters. The second-order valence-corrected chi connectivity index (χ2v) is 4.40. The molecule has 1 saturated heterocycles. The second kappa shape index (κ2) is 4.24. The van der Waals surface area contributed by atoms with Gasteiger partial charge >= 0.3 is 0 Å². The molecule has 0 spiro atoms. The van der Waals surface area contributed by atoms with Crippen LogP contribution in [0.5, 0.6) is 0 Å². The monoisotopic (exact) mass is 206 g/mol. The van der Waals surface area contributed by atoms with E-state index in [0.29, 0.717) is 6.04 Å². The van der Waals surface area contributed by atoms with Gasteiger partial charge in [0, 0.05) is 36.6 Å². The number of likely N-dealkylation sites (tertiary alicyclic amines) is 1. The van der Waals surface area contributed by atoms with Crippen molar-refractivity contribution in [3.63, 3.8) is 0 Å². The van der Waals surface area contributed by atoms with Gasteiger partial charge in [-0.3, -0.25) is 4.90 Å². The summed E-state index contributed by atoms with van der Waals surface area (Å²) in [6.07, 6.45) is 6.36. The summed E-state index contributed by atoms with van der Waals surface area (Å²) in [6, 6.07) is 1.01. The first-order chi connectivity index (χ1) is 7.20. The normalized spacial score (nSPS) is 27.5. The van der Waals surface area contributed by atoms with Crippen molar-refractivity contribution in [1.82, 2.24) is 14.9 Å². The predicted octanol–water partition coefficient (Wildman–Crippen LogP) is 0.959. The van der Waals surface area contributed by atoms with Gasteiger partial charge in [0.2, 0.25) is 0 Å². The Morgan fingerprint density at radius 3 is 2.67 bits per heavy atom. The van der Waals surface area contributed by atoms with Crippen LogP contribution in [0.4, 0.5) is 0 Å². The van der Waals surface area contributed by atoms with Gasteiger partial charge in [-0.1, -0.05) is 0 Å². The first-order valence-corrected chi connectivity index (χ1v) is 5.46. The van der Waals surface area contributed by atoms with E-state index in [1.165, 1.54) is 0 Å². The fourth-order valence-corrected chi connectivity index (χ4v) is 2.32. The molecular weight excluding hydrogens is 188 g/mol. The van der Waals surface area contributed by atoms with E-state index in [0.717, 1.165) is 18.5 Å². The highest BCUT2D eigenvalue weighted by molar-refractivity contribution is 5.15. The molecule has 1 fully saturated rings. The van der Waals surface area contributed by atoms with Crippen molar-refractivity contribution in [2.24, 2.45) is 5.73 Å². The molecule has 2 rings (SSSR count). The maximum Gasteiger partial charge on any atom is 0.115 e. The molecule has 2 N–H and O–H groups in total. The molecule has 0 aromatic carbocycles. The van der Waals surface area contributed by atoms with E-state index in [4.69, 9.17) is 5.73 Å². The van der Waals surface area contributed by atoms with E-state index in [9.17, 15) is 0 Å². The molecule has 1 aromatic rings. The third-order valence-electron chi connectivity index (χ3n) is 3.07. The summed E-state index contributed by atoms with van der Waals surface area (Å²) in [5, 5.41) is 0. The average molecular weight is 206 g/mol. The minimum absolute atomic E-state index is 0.207. The quantitative estimate of drug-likeness (QED) is 0.783. The molecule has 0 amide bonds. The first kappa shape index (κ1) is 10.5. The Hall–Kier alpha value is -1.00. The van der Waals surface area contributed by atoms with Crippen molar-refractivity contribution in [2.75, 3.05) is 6.54 Å². The lowest BCUT2D eigenvalue weighted by Gasteiger charge is -2.29. The molecule has 0 aliphatic carbocycles. The van der Waals surface area contributed by atoms with Gasteiger partial charge in [0.25, 0.3) is 0 Å². The molecule has 0 saturated carbocycles. The Morgan fingerprint density at radius 2 is 2.07 bits per heavy atom. The Balaban J connectivity index is 2.25. The fourth-order valence-electron chi connectivity index (χ4n) is 2.32. The highest BCUT2D eigenvalue weighted by Gasteiger charge is 2.34. The Labute approximate surface area is 90.5 Å². The van der Waals surface area contributed by atoms with E-state index >= 15 is 0 Å². The zero-order chi connectivity index (χ0) is 10.8. The maximum atomic E-state index is 6.14. The van der Waals surface area contributed by atoms with Gasteiger partial charge in [0.15, 0.2) is 0 Å². The summed E-state index contributed by atoms with van der Waals surface area (Å²) >= 11 is 0. The van der Waals surface area contributed by atoms with Gasteiger partial charge in [-0.2, -0.15) is 0 Å². The first-order valence-electron chi connectivity index (χ1n) is 5.46. The smallest absolute Gasteiger partial charge is 0.115 e. The highest BCUT2D eigenvalue weighted by Crippen LogP contribution is 2.31. The van der Waals surface area contributed by atoms with Crippen LogP contribution in [-0.2, 0) is 0 Å². The molecule has 82 valence electrons. The fraction of sp³-hybridized carbons (Fsp3) is 0.636. The van der Waals surface area contributed by atoms with E-state index in [2.05, 4.69) is 28.7 Å². The number of hydrogen-bond donors (Lipinski definition) is 1. The number of rotatable bonds is 2. The van der Waals surface area contributed by atoms with Crippen molar-refractivity contribution >= 4 is 0 Å². The average Bonchev–Trinajstić information content (AvgIpc) is 2.61. The van der Waals surface area contributed by atoms with Crippen LogP contribution in [0.1, 0.15) is 31.9 Å². The summed E-state index contributed by atoms with van der Waals surface area (Å²) in [6.45, 7) is 5.47. The summed E-state index contributed by atoms with van der Waals surface area (Å²) < 4.78 is 0. The molecule has 2 heterocycles. The molecule has 1 aliphatic heterocycles. The van der Waals surface area contributed by atoms with Crippen LogP contribution in [-0.4, -0.2) is 33.5 Å². The Kier molecular flexibility index (Phi) is 2.98. The summed E-state index contributed by atoms with van der Waals surface area (Å²) in [5.74, 6) is 0. The lowest BCUT2D eigenvalue weighted by atomic mass is 10.0. The number of aromatic nitrogens is 2. The largest absolute Gasteiger partial charge is 0.326 e. The van der Waals surface area contributed by atoms with E-state index in [1.54, 1.807) is 6.33 Å². The van der Waals surface area contributed by atoms with Crippen molar-refractivity contribution in [3.8, 4) is 0 Å². The standard InChI is InChI=1S/C11H18N4/c1-8(2)15-4-3-10(12)11(15)9-5-13-7-14-6-9/h5-8,10-11H,3-4,12H2,1-2H3/t10-,11+/m1/s1. The summed E-state index contributed by atoms with van der Waals surface area (Å²) in [5.41, 5.74) is 7.28. The summed E-state index contributed by atoms with van der Waals surface area (Å²) in [4.78, 5) is 10.5. The van der Waals surface area contributed by atoms with Crippen molar-refractivity contribution in [3.05, 3.63) is 24.3 Å². The van der Waals surface area contributed by atoms with Gasteiger partial charge in [0.05, 0.1) is 6.04 Å². The molecule has 15 heavy (non-hydrogen) atoms. The zero-order valence-corrected chi connectivity index (χ0v) is 9.30. The van der Waals surface area contributed by atoms with Crippen molar-refractivity contribution < 1.29 is 0 Å². The van der Waals surface area contributed by atoms with Gasteiger partial charge < -0.3 is 5.73 Å². The van der Waals surface area contributed by atoms with E-state index in [-0.39, 0.29) is 12.1 Å². The van der Waals surface area contributed by atoms with Crippen LogP contribution in [0.2, 0.25) is 0 Å². The minimum atomic E-state index is 0.207. The number of hydrogen-bond acceptors (Lipinski definition) is 4. The van der Waals surface area contributed by atoms with E-state index < -0.39 is 0 Å². The molecule has 4 heteroatoms. The number of nitrogens with two attached hydrogens (primary N) is 1. The van der Waals surface area contributed by atoms with Crippen molar-refractivity contribution in [1.29, 1.82) is 0 Å². The van der Waals surface area contributed by atoms with Crippen LogP contribution in [0.15, 0.2) is 18.7 Å². The maximum absolute atomic E-state index is 6.14. The van der Waals surface area contributed by atoms with Crippen LogP contribution >= 0.6 is 0 Å². The second-order valence-electron chi connectivity index (χ2n) is 4.40. The van der Waals surface area contributed by atoms with Crippen molar-refractivity contribution in [2.45, 2.75) is 38.4 Å². The lowest BCUT2D eigenvalue weighted by Crippen LogP contribution is -2.36. The van der Waals surface area contributed by atoms with Gasteiger partial charge in [-0.05, 0) is 20.3 Å². The van der Waals surface area contributed by atoms with Crippen LogP contribution < -0.4 is 5.73 Å². The van der Waals surface area contributed by atoms with Crippen LogP contribution in [0.3, 0.4) is 0 Å². The van der Waals surface area contributed by atoms with E-state index in [1.807, 2.05) is 12.4 Å². The highest BCUT2D eigenvalue weighted by atomic mass is 15.2. The minimum Gasteiger partial charge on any atom is -0.326 e. The van der Waals surface area contributed by atoms with Crippen LogP contribution in [0.25, 0.3) is 0 Å². The Morgan fingerprint density at radius 1 is 1.40 bits per heavy atom. The molecule has 0 radical (unpaired) electrons. The molecule has 4 nitrogen and oxygen atoms in total. The van der Waals surface area contributed by atoms with Gasteiger partial charge in [-0.25, -0.2) is 9.97 Å². The molecule has 0 unspecified atom stereocenters. The van der Waals surface area contributed by atoms with Gasteiger partial charge in [0.1, 0.15) is 6.33 Å². The molecular formula is C11H18N4. The van der Waals surface area contributed by atoms with Crippen LogP contribution in [0, 0.1) is 0 Å². The molecule has 1 aliphatic rings. The van der Waals surface area contributed by atoms with Gasteiger partial charge in [-0.15, -0.1) is 0 Å². The third-order valence-corrected chi connectivity index (χ3v) is 3.07. The number of nitrogens with zero attached hydrogens (tertiary/aromatic N) is 3. The topological polar surface area (TPSA) is 55.0 Å². The lowest BCUT2D eigenvalue weighted by molar-refractivity contribution is 0.197. The Bertz CT molecular complexity index is 312. The predicted molar refractivity (Wildman–Crippen MR) is 59.2 cm³/mol. The third kappa shape index (κ3) is 2.01. The SMILES string of the molecule is CC(C)N1CC[C@@H](N)[C@@H]1c1cncnc1. The molecule has 0 bridgehead atoms. The molecule has 1 aromatic heterocycles.